The summed E-state index contributed by atoms with van der Waals surface area (Å²) in [7, 11) is 0. The summed E-state index contributed by atoms with van der Waals surface area (Å²) >= 11 is -0.279. The topological polar surface area (TPSA) is 58.2 Å². The van der Waals surface area contributed by atoms with Crippen LogP contribution in [0.25, 0.3) is 0 Å². The number of benzene rings is 2. The normalized spacial score (nSPS) is 11.1. The first-order chi connectivity index (χ1) is 11.6. The molecule has 0 heterocycles. The Balaban J connectivity index is 2.10. The van der Waals surface area contributed by atoms with Gasteiger partial charge in [0.05, 0.1) is 5.69 Å². The van der Waals surface area contributed by atoms with Crippen LogP contribution in [0.5, 0.6) is 0 Å². The van der Waals surface area contributed by atoms with Gasteiger partial charge in [-0.1, -0.05) is 0 Å². The Morgan fingerprint density at radius 1 is 1.00 bits per heavy atom. The number of carbonyl (C=O) groups excluding carboxylic acids is 2. The molecule has 0 aromatic heterocycles. The first-order valence-corrected chi connectivity index (χ1v) is 7.70. The fourth-order valence-electron chi connectivity index (χ4n) is 1.90. The standard InChI is InChI=1S/C16H12F4N2O2S/c1-9(23)21-14-8-11(4-7-13(14)17)22-15(24)10-2-5-12(6-3-10)25-16(18,19)20/h2-8H,1H3,(H,21,23)(H,22,24). The second-order valence-corrected chi connectivity index (χ2v) is 6.04. The van der Waals surface area contributed by atoms with Crippen molar-refractivity contribution in [3.05, 3.63) is 53.8 Å². The van der Waals surface area contributed by atoms with Gasteiger partial charge in [-0.05, 0) is 54.2 Å². The molecule has 0 spiro atoms. The summed E-state index contributed by atoms with van der Waals surface area (Å²) in [6.45, 7) is 1.21. The Labute approximate surface area is 144 Å². The van der Waals surface area contributed by atoms with E-state index >= 15 is 0 Å². The van der Waals surface area contributed by atoms with Crippen LogP contribution in [0.1, 0.15) is 17.3 Å². The lowest BCUT2D eigenvalue weighted by molar-refractivity contribution is -0.114. The third kappa shape index (κ3) is 5.79. The molecule has 0 atom stereocenters. The maximum absolute atomic E-state index is 13.5. The van der Waals surface area contributed by atoms with Gasteiger partial charge in [0, 0.05) is 23.1 Å². The first kappa shape index (κ1) is 18.8. The molecule has 2 N–H and O–H groups in total. The summed E-state index contributed by atoms with van der Waals surface area (Å²) in [4.78, 5) is 23.1. The Hall–Kier alpha value is -2.55. The third-order valence-electron chi connectivity index (χ3n) is 2.89. The quantitative estimate of drug-likeness (QED) is 0.607. The van der Waals surface area contributed by atoms with Crippen molar-refractivity contribution >= 4 is 35.0 Å². The van der Waals surface area contributed by atoms with Crippen LogP contribution in [0.15, 0.2) is 47.4 Å². The molecule has 0 saturated carbocycles. The maximum Gasteiger partial charge on any atom is 0.446 e. The monoisotopic (exact) mass is 372 g/mol. The van der Waals surface area contributed by atoms with E-state index < -0.39 is 23.1 Å². The molecule has 132 valence electrons. The molecule has 2 aromatic rings. The van der Waals surface area contributed by atoms with Crippen LogP contribution in [0.3, 0.4) is 0 Å². The molecule has 0 unspecified atom stereocenters. The van der Waals surface area contributed by atoms with Gasteiger partial charge < -0.3 is 10.6 Å². The number of nitrogens with one attached hydrogen (secondary N) is 2. The summed E-state index contributed by atoms with van der Waals surface area (Å²) < 4.78 is 50.4. The lowest BCUT2D eigenvalue weighted by Crippen LogP contribution is -2.13. The summed E-state index contributed by atoms with van der Waals surface area (Å²) in [5, 5.41) is 4.76. The molecular weight excluding hydrogens is 360 g/mol. The number of rotatable bonds is 4. The number of hydrogen-bond acceptors (Lipinski definition) is 3. The predicted octanol–water partition coefficient (Wildman–Crippen LogP) is 4.65. The molecule has 0 aliphatic carbocycles. The average molecular weight is 372 g/mol. The molecule has 0 saturated heterocycles. The van der Waals surface area contributed by atoms with E-state index in [0.717, 1.165) is 6.07 Å². The van der Waals surface area contributed by atoms with E-state index in [1.807, 2.05) is 0 Å². The maximum atomic E-state index is 13.5. The zero-order valence-corrected chi connectivity index (χ0v) is 13.6. The molecule has 9 heteroatoms. The highest BCUT2D eigenvalue weighted by Gasteiger charge is 2.29. The van der Waals surface area contributed by atoms with Crippen molar-refractivity contribution in [1.82, 2.24) is 0 Å². The summed E-state index contributed by atoms with van der Waals surface area (Å²) in [5.41, 5.74) is -4.14. The zero-order chi connectivity index (χ0) is 18.6. The van der Waals surface area contributed by atoms with Crippen LogP contribution >= 0.6 is 11.8 Å². The Kier molecular flexibility index (Phi) is 5.68. The van der Waals surface area contributed by atoms with E-state index in [0.29, 0.717) is 0 Å². The van der Waals surface area contributed by atoms with Crippen LogP contribution in [-0.4, -0.2) is 17.3 Å². The van der Waals surface area contributed by atoms with E-state index in [1.165, 1.54) is 43.3 Å². The Morgan fingerprint density at radius 3 is 2.20 bits per heavy atom. The second-order valence-electron chi connectivity index (χ2n) is 4.90. The molecule has 0 fully saturated rings. The van der Waals surface area contributed by atoms with Crippen molar-refractivity contribution in [3.63, 3.8) is 0 Å². The molecule has 2 rings (SSSR count). The van der Waals surface area contributed by atoms with E-state index in [2.05, 4.69) is 10.6 Å². The highest BCUT2D eigenvalue weighted by atomic mass is 32.2. The number of carbonyl (C=O) groups is 2. The second kappa shape index (κ2) is 7.56. The number of anilines is 2. The first-order valence-electron chi connectivity index (χ1n) is 6.88. The van der Waals surface area contributed by atoms with Gasteiger partial charge in [0.2, 0.25) is 5.91 Å². The lowest BCUT2D eigenvalue weighted by atomic mass is 10.2. The predicted molar refractivity (Wildman–Crippen MR) is 87.0 cm³/mol. The van der Waals surface area contributed by atoms with Gasteiger partial charge in [-0.3, -0.25) is 9.59 Å². The highest BCUT2D eigenvalue weighted by molar-refractivity contribution is 8.00. The molecule has 4 nitrogen and oxygen atoms in total. The van der Waals surface area contributed by atoms with Gasteiger partial charge in [-0.25, -0.2) is 4.39 Å². The van der Waals surface area contributed by atoms with Gasteiger partial charge in [0.25, 0.3) is 5.91 Å². The molecule has 0 radical (unpaired) electrons. The smallest absolute Gasteiger partial charge is 0.324 e. The average Bonchev–Trinajstić information content (AvgIpc) is 2.49. The Bertz CT molecular complexity index is 792. The minimum absolute atomic E-state index is 0.0428. The van der Waals surface area contributed by atoms with Crippen molar-refractivity contribution in [2.45, 2.75) is 17.3 Å². The van der Waals surface area contributed by atoms with Gasteiger partial charge in [0.15, 0.2) is 0 Å². The Morgan fingerprint density at radius 2 is 1.64 bits per heavy atom. The van der Waals surface area contributed by atoms with Gasteiger partial charge in [0.1, 0.15) is 5.82 Å². The zero-order valence-electron chi connectivity index (χ0n) is 12.8. The number of thioether (sulfide) groups is 1. The van der Waals surface area contributed by atoms with Crippen LogP contribution in [-0.2, 0) is 4.79 Å². The number of halogens is 4. The third-order valence-corrected chi connectivity index (χ3v) is 3.62. The number of alkyl halides is 3. The summed E-state index contributed by atoms with van der Waals surface area (Å²) in [5.74, 6) is -1.72. The molecule has 2 amide bonds. The minimum atomic E-state index is -4.40. The largest absolute Gasteiger partial charge is 0.446 e. The SMILES string of the molecule is CC(=O)Nc1cc(NC(=O)c2ccc(SC(F)(F)F)cc2)ccc1F. The summed E-state index contributed by atoms with van der Waals surface area (Å²) in [6.07, 6.45) is 0. The fourth-order valence-corrected chi connectivity index (χ4v) is 2.44. The van der Waals surface area contributed by atoms with Gasteiger partial charge in [-0.2, -0.15) is 13.2 Å². The van der Waals surface area contributed by atoms with Crippen molar-refractivity contribution in [2.24, 2.45) is 0 Å². The van der Waals surface area contributed by atoms with E-state index in [-0.39, 0.29) is 33.6 Å². The van der Waals surface area contributed by atoms with Crippen LogP contribution in [0.2, 0.25) is 0 Å². The molecule has 25 heavy (non-hydrogen) atoms. The van der Waals surface area contributed by atoms with E-state index in [9.17, 15) is 27.2 Å². The van der Waals surface area contributed by atoms with Crippen molar-refractivity contribution in [2.75, 3.05) is 10.6 Å². The van der Waals surface area contributed by atoms with Crippen molar-refractivity contribution in [1.29, 1.82) is 0 Å². The molecule has 0 aliphatic heterocycles. The van der Waals surface area contributed by atoms with E-state index in [4.69, 9.17) is 0 Å². The molecule has 0 bridgehead atoms. The van der Waals surface area contributed by atoms with Gasteiger partial charge >= 0.3 is 5.51 Å². The van der Waals surface area contributed by atoms with Gasteiger partial charge in [-0.15, -0.1) is 0 Å². The fraction of sp³-hybridized carbons (Fsp3) is 0.125. The molecule has 0 aliphatic rings. The highest BCUT2D eigenvalue weighted by Crippen LogP contribution is 2.36. The van der Waals surface area contributed by atoms with Crippen LogP contribution < -0.4 is 10.6 Å². The molecule has 2 aromatic carbocycles. The van der Waals surface area contributed by atoms with Crippen molar-refractivity contribution < 1.29 is 27.2 Å². The number of amides is 2. The molecular formula is C16H12F4N2O2S. The van der Waals surface area contributed by atoms with Crippen LogP contribution in [0.4, 0.5) is 28.9 Å². The van der Waals surface area contributed by atoms with E-state index in [1.54, 1.807) is 0 Å². The minimum Gasteiger partial charge on any atom is -0.324 e. The lowest BCUT2D eigenvalue weighted by Gasteiger charge is -2.10. The van der Waals surface area contributed by atoms with Crippen LogP contribution in [0, 0.1) is 5.82 Å². The summed E-state index contributed by atoms with van der Waals surface area (Å²) in [6, 6.07) is 8.48. The number of hydrogen-bond donors (Lipinski definition) is 2. The van der Waals surface area contributed by atoms with Crippen molar-refractivity contribution in [3.8, 4) is 0 Å².